The van der Waals surface area contributed by atoms with Crippen molar-refractivity contribution in [3.05, 3.63) is 11.6 Å². The molecule has 0 amide bonds. The first-order valence-electron chi connectivity index (χ1n) is 14.5. The molecule has 0 saturated heterocycles. The van der Waals surface area contributed by atoms with Crippen LogP contribution in [0.2, 0.25) is 0 Å². The van der Waals surface area contributed by atoms with Crippen molar-refractivity contribution in [2.45, 2.75) is 127 Å². The van der Waals surface area contributed by atoms with Crippen LogP contribution in [0.3, 0.4) is 0 Å². The number of allylic oxidation sites excluding steroid dienone is 2. The second-order valence-electron chi connectivity index (χ2n) is 15.1. The summed E-state index contributed by atoms with van der Waals surface area (Å²) in [6.45, 7) is 23.3. The van der Waals surface area contributed by atoms with Gasteiger partial charge in [0.15, 0.2) is 0 Å². The van der Waals surface area contributed by atoms with E-state index < -0.39 is 0 Å². The van der Waals surface area contributed by atoms with Gasteiger partial charge in [-0.3, -0.25) is 0 Å². The molecule has 0 bridgehead atoms. The largest absolute Gasteiger partial charge is 0.0859 e. The van der Waals surface area contributed by atoms with Crippen LogP contribution < -0.4 is 0 Å². The Morgan fingerprint density at radius 2 is 1.47 bits per heavy atom. The maximum atomic E-state index is 2.80. The van der Waals surface area contributed by atoms with Crippen molar-refractivity contribution < 1.29 is 0 Å². The molecule has 5 aliphatic carbocycles. The summed E-state index contributed by atoms with van der Waals surface area (Å²) in [7, 11) is 0. The number of hydrogen-bond donors (Lipinski definition) is 0. The summed E-state index contributed by atoms with van der Waals surface area (Å²) >= 11 is 0. The molecule has 0 aliphatic heterocycles. The minimum Gasteiger partial charge on any atom is -0.0859 e. The predicted molar refractivity (Wildman–Crippen MR) is 138 cm³/mol. The fraction of sp³-hybridized carbons (Fsp3) is 0.938. The van der Waals surface area contributed by atoms with E-state index in [1.165, 1.54) is 56.9 Å². The van der Waals surface area contributed by atoms with Crippen molar-refractivity contribution in [1.29, 1.82) is 0 Å². The quantitative estimate of drug-likeness (QED) is 0.383. The highest BCUT2D eigenvalue weighted by molar-refractivity contribution is 5.33. The topological polar surface area (TPSA) is 0 Å². The van der Waals surface area contributed by atoms with Crippen molar-refractivity contribution in [3.63, 3.8) is 0 Å². The lowest BCUT2D eigenvalue weighted by molar-refractivity contribution is -0.149. The van der Waals surface area contributed by atoms with Crippen molar-refractivity contribution in [2.24, 2.45) is 62.6 Å². The SMILES string of the molecule is CC(C)=CCC[C@@H](C)C1CC[C@@]2(C)C3CCC4C(C)(C)C(C)CCC45[C@@H](C)[C@@]35CCC12C. The average molecular weight is 439 g/mol. The van der Waals surface area contributed by atoms with E-state index in [9.17, 15) is 0 Å². The molecule has 5 rings (SSSR count). The van der Waals surface area contributed by atoms with E-state index in [1.54, 1.807) is 12.8 Å². The zero-order valence-electron chi connectivity index (χ0n) is 23.1. The Hall–Kier alpha value is -0.260. The summed E-state index contributed by atoms with van der Waals surface area (Å²) in [6, 6.07) is 0. The first-order chi connectivity index (χ1) is 14.9. The van der Waals surface area contributed by atoms with E-state index in [2.05, 4.69) is 68.4 Å². The second kappa shape index (κ2) is 7.13. The summed E-state index contributed by atoms with van der Waals surface area (Å²) < 4.78 is 0. The third-order valence-corrected chi connectivity index (χ3v) is 14.3. The maximum Gasteiger partial charge on any atom is -0.0170 e. The normalized spacial score (nSPS) is 54.0. The van der Waals surface area contributed by atoms with Crippen LogP contribution in [0.1, 0.15) is 127 Å². The minimum atomic E-state index is 0.542. The summed E-state index contributed by atoms with van der Waals surface area (Å²) in [6.07, 6.45) is 17.4. The lowest BCUT2D eigenvalue weighted by Gasteiger charge is -2.63. The van der Waals surface area contributed by atoms with Crippen LogP contribution in [0.15, 0.2) is 11.6 Å². The molecule has 0 nitrogen and oxygen atoms in total. The average Bonchev–Trinajstić information content (AvgIpc) is 3.11. The van der Waals surface area contributed by atoms with Crippen molar-refractivity contribution in [2.75, 3.05) is 0 Å². The van der Waals surface area contributed by atoms with Gasteiger partial charge in [-0.25, -0.2) is 0 Å². The molecule has 0 N–H and O–H groups in total. The van der Waals surface area contributed by atoms with Crippen molar-refractivity contribution in [3.8, 4) is 0 Å². The number of fused-ring (bicyclic) bond motifs is 2. The molecule has 5 aliphatic rings. The zero-order valence-corrected chi connectivity index (χ0v) is 23.1. The third kappa shape index (κ3) is 2.57. The highest BCUT2D eigenvalue weighted by Gasteiger charge is 2.85. The van der Waals surface area contributed by atoms with Crippen molar-refractivity contribution in [1.82, 2.24) is 0 Å². The summed E-state index contributed by atoms with van der Waals surface area (Å²) in [5.74, 6) is 5.69. The zero-order chi connectivity index (χ0) is 23.3. The van der Waals surface area contributed by atoms with E-state index in [4.69, 9.17) is 0 Å². The van der Waals surface area contributed by atoms with Crippen LogP contribution in [0, 0.1) is 62.6 Å². The Bertz CT molecular complexity index is 784. The van der Waals surface area contributed by atoms with E-state index in [1.807, 2.05) is 0 Å². The standard InChI is InChI=1S/C32H54/c1-21(2)11-10-12-22(3)25-16-17-30(9)27-14-13-26-28(6,7)23(4)15-18-31(26)24(5)32(27,31)20-19-29(25,30)8/h11,22-27H,10,12-20H2,1-9H3/t22-,23?,24-,25?,26?,27?,29?,30+,31?,32+/m1/s1. The fourth-order valence-electron chi connectivity index (χ4n) is 12.1. The summed E-state index contributed by atoms with van der Waals surface area (Å²) in [4.78, 5) is 0. The molecular weight excluding hydrogens is 384 g/mol. The summed E-state index contributed by atoms with van der Waals surface area (Å²) in [5.41, 5.74) is 4.58. The van der Waals surface area contributed by atoms with Gasteiger partial charge in [0.05, 0.1) is 0 Å². The minimum absolute atomic E-state index is 0.542. The van der Waals surface area contributed by atoms with Gasteiger partial charge in [0, 0.05) is 0 Å². The highest BCUT2D eigenvalue weighted by Crippen LogP contribution is 2.91. The third-order valence-electron chi connectivity index (χ3n) is 14.3. The Kier molecular flexibility index (Phi) is 5.23. The van der Waals surface area contributed by atoms with E-state index in [0.29, 0.717) is 27.1 Å². The smallest absolute Gasteiger partial charge is 0.0170 e. The van der Waals surface area contributed by atoms with Crippen LogP contribution in [-0.4, -0.2) is 0 Å². The Morgan fingerprint density at radius 1 is 0.812 bits per heavy atom. The number of rotatable bonds is 4. The van der Waals surface area contributed by atoms with E-state index in [0.717, 1.165) is 35.5 Å². The molecule has 0 aromatic rings. The second-order valence-corrected chi connectivity index (χ2v) is 15.1. The Balaban J connectivity index is 1.44. The van der Waals surface area contributed by atoms with Crippen LogP contribution in [0.4, 0.5) is 0 Å². The van der Waals surface area contributed by atoms with Gasteiger partial charge >= 0.3 is 0 Å². The molecule has 0 heteroatoms. The molecule has 10 atom stereocenters. The van der Waals surface area contributed by atoms with Crippen LogP contribution >= 0.6 is 0 Å². The molecule has 5 saturated carbocycles. The maximum absolute atomic E-state index is 2.80. The van der Waals surface area contributed by atoms with Gasteiger partial charge < -0.3 is 0 Å². The van der Waals surface area contributed by atoms with E-state index in [-0.39, 0.29) is 0 Å². The van der Waals surface area contributed by atoms with Gasteiger partial charge in [0.1, 0.15) is 0 Å². The number of hydrogen-bond acceptors (Lipinski definition) is 0. The predicted octanol–water partition coefficient (Wildman–Crippen LogP) is 9.69. The molecule has 2 spiro atoms. The van der Waals surface area contributed by atoms with Gasteiger partial charge in [-0.05, 0) is 141 Å². The molecular formula is C32H54. The first-order valence-corrected chi connectivity index (χ1v) is 14.5. The lowest BCUT2D eigenvalue weighted by Crippen LogP contribution is -2.56. The van der Waals surface area contributed by atoms with Crippen LogP contribution in [0.5, 0.6) is 0 Å². The molecule has 182 valence electrons. The van der Waals surface area contributed by atoms with Gasteiger partial charge in [-0.15, -0.1) is 0 Å². The van der Waals surface area contributed by atoms with E-state index >= 15 is 0 Å². The van der Waals surface area contributed by atoms with Gasteiger partial charge in [0.2, 0.25) is 0 Å². The molecule has 0 heterocycles. The first kappa shape index (κ1) is 23.5. The Labute approximate surface area is 200 Å². The molecule has 0 aromatic heterocycles. The molecule has 6 unspecified atom stereocenters. The highest BCUT2D eigenvalue weighted by atomic mass is 14.9. The lowest BCUT2D eigenvalue weighted by atomic mass is 9.41. The van der Waals surface area contributed by atoms with Crippen LogP contribution in [0.25, 0.3) is 0 Å². The summed E-state index contributed by atoms with van der Waals surface area (Å²) in [5, 5.41) is 0. The fourth-order valence-corrected chi connectivity index (χ4v) is 12.1. The molecule has 0 aromatic carbocycles. The van der Waals surface area contributed by atoms with Crippen LogP contribution in [-0.2, 0) is 0 Å². The van der Waals surface area contributed by atoms with Gasteiger partial charge in [-0.1, -0.05) is 60.1 Å². The van der Waals surface area contributed by atoms with Gasteiger partial charge in [0.25, 0.3) is 0 Å². The molecule has 5 fully saturated rings. The molecule has 0 radical (unpaired) electrons. The van der Waals surface area contributed by atoms with Gasteiger partial charge in [-0.2, -0.15) is 0 Å². The molecule has 32 heavy (non-hydrogen) atoms. The van der Waals surface area contributed by atoms with Crippen molar-refractivity contribution >= 4 is 0 Å². The Morgan fingerprint density at radius 3 is 2.16 bits per heavy atom. The monoisotopic (exact) mass is 438 g/mol.